The Labute approximate surface area is 171 Å². The van der Waals surface area contributed by atoms with Gasteiger partial charge < -0.3 is 5.11 Å². The second-order valence-corrected chi connectivity index (χ2v) is 7.13. The van der Waals surface area contributed by atoms with Crippen molar-refractivity contribution in [3.8, 4) is 16.9 Å². The number of rotatable bonds is 3. The van der Waals surface area contributed by atoms with Gasteiger partial charge in [0, 0.05) is 5.56 Å². The summed E-state index contributed by atoms with van der Waals surface area (Å²) < 4.78 is 1.79. The van der Waals surface area contributed by atoms with Crippen LogP contribution in [-0.4, -0.2) is 25.6 Å². The molecule has 4 aromatic rings. The fourth-order valence-corrected chi connectivity index (χ4v) is 3.63. The first-order valence-electron chi connectivity index (χ1n) is 8.94. The lowest BCUT2D eigenvalue weighted by Crippen LogP contribution is -2.19. The number of hydrogen-bond acceptors (Lipinski definition) is 4. The first-order valence-corrected chi connectivity index (χ1v) is 9.34. The maximum absolute atomic E-state index is 12.7. The Morgan fingerprint density at radius 1 is 1.10 bits per heavy atom. The molecule has 0 saturated heterocycles. The molecule has 0 aliphatic carbocycles. The molecule has 7 heteroatoms. The topological polar surface area (TPSA) is 88.0 Å². The van der Waals surface area contributed by atoms with E-state index in [1.165, 1.54) is 6.07 Å². The van der Waals surface area contributed by atoms with Crippen LogP contribution in [0.4, 0.5) is 0 Å². The van der Waals surface area contributed by atoms with Crippen molar-refractivity contribution in [2.45, 2.75) is 13.8 Å². The van der Waals surface area contributed by atoms with Gasteiger partial charge in [-0.1, -0.05) is 42.5 Å². The number of carboxylic acids is 1. The van der Waals surface area contributed by atoms with E-state index in [9.17, 15) is 14.7 Å². The van der Waals surface area contributed by atoms with Crippen molar-refractivity contribution in [1.82, 2.24) is 14.5 Å². The monoisotopic (exact) mass is 403 g/mol. The first-order chi connectivity index (χ1) is 13.9. The SMILES string of the molecule is Cc1cccc(-n2c(=S)[nH]c(=O)c3c(C(=O)O)cc(-c4ccccc4)nc32)c1C. The molecule has 2 heterocycles. The van der Waals surface area contributed by atoms with Crippen LogP contribution in [0.5, 0.6) is 0 Å². The van der Waals surface area contributed by atoms with Gasteiger partial charge in [-0.15, -0.1) is 0 Å². The molecule has 2 aromatic carbocycles. The second-order valence-electron chi connectivity index (χ2n) is 6.74. The van der Waals surface area contributed by atoms with Crippen LogP contribution >= 0.6 is 12.2 Å². The number of hydrogen-bond donors (Lipinski definition) is 2. The third-order valence-electron chi connectivity index (χ3n) is 4.98. The number of aryl methyl sites for hydroxylation is 1. The van der Waals surface area contributed by atoms with E-state index < -0.39 is 11.5 Å². The number of aromatic carboxylic acids is 1. The van der Waals surface area contributed by atoms with Crippen LogP contribution in [0.1, 0.15) is 21.5 Å². The van der Waals surface area contributed by atoms with Crippen molar-refractivity contribution in [3.05, 3.63) is 86.4 Å². The zero-order chi connectivity index (χ0) is 20.7. The quantitative estimate of drug-likeness (QED) is 0.494. The molecule has 144 valence electrons. The van der Waals surface area contributed by atoms with Gasteiger partial charge in [0.05, 0.1) is 22.3 Å². The molecule has 0 aliphatic rings. The predicted molar refractivity (Wildman–Crippen MR) is 114 cm³/mol. The minimum absolute atomic E-state index is 0.00770. The molecule has 0 aliphatic heterocycles. The van der Waals surface area contributed by atoms with E-state index in [0.29, 0.717) is 5.69 Å². The lowest BCUT2D eigenvalue weighted by Gasteiger charge is -2.16. The van der Waals surface area contributed by atoms with Gasteiger partial charge in [0.2, 0.25) is 0 Å². The Hall–Kier alpha value is -3.58. The van der Waals surface area contributed by atoms with Gasteiger partial charge in [-0.3, -0.25) is 14.3 Å². The second kappa shape index (κ2) is 7.10. The van der Waals surface area contributed by atoms with E-state index in [1.807, 2.05) is 62.4 Å². The summed E-state index contributed by atoms with van der Waals surface area (Å²) in [6.07, 6.45) is 0. The Bertz CT molecular complexity index is 1390. The summed E-state index contributed by atoms with van der Waals surface area (Å²) in [7, 11) is 0. The van der Waals surface area contributed by atoms with Crippen LogP contribution in [0.15, 0.2) is 59.4 Å². The molecule has 0 saturated carbocycles. The summed E-state index contributed by atoms with van der Waals surface area (Å²) in [6.45, 7) is 3.92. The van der Waals surface area contributed by atoms with E-state index in [0.717, 1.165) is 22.4 Å². The molecule has 6 nitrogen and oxygen atoms in total. The summed E-state index contributed by atoms with van der Waals surface area (Å²) >= 11 is 5.44. The number of nitrogens with zero attached hydrogens (tertiary/aromatic N) is 2. The van der Waals surface area contributed by atoms with Gasteiger partial charge in [0.15, 0.2) is 10.4 Å². The minimum atomic E-state index is -1.20. The largest absolute Gasteiger partial charge is 0.478 e. The molecule has 0 amide bonds. The number of aromatic nitrogens is 3. The van der Waals surface area contributed by atoms with Crippen molar-refractivity contribution in [2.75, 3.05) is 0 Å². The first kappa shape index (κ1) is 18.8. The van der Waals surface area contributed by atoms with Crippen LogP contribution in [0.2, 0.25) is 0 Å². The predicted octanol–water partition coefficient (Wildman–Crippen LogP) is 4.43. The van der Waals surface area contributed by atoms with Crippen LogP contribution < -0.4 is 5.56 Å². The summed E-state index contributed by atoms with van der Waals surface area (Å²) in [5.74, 6) is -1.20. The van der Waals surface area contributed by atoms with Gasteiger partial charge in [-0.2, -0.15) is 0 Å². The number of fused-ring (bicyclic) bond motifs is 1. The molecule has 2 aromatic heterocycles. The highest BCUT2D eigenvalue weighted by atomic mass is 32.1. The molecule has 29 heavy (non-hydrogen) atoms. The summed E-state index contributed by atoms with van der Waals surface area (Å²) in [5.41, 5.74) is 3.46. The molecule has 0 radical (unpaired) electrons. The molecule has 0 bridgehead atoms. The van der Waals surface area contributed by atoms with Crippen LogP contribution in [0.25, 0.3) is 28.0 Å². The molecule has 4 rings (SSSR count). The number of aromatic amines is 1. The number of carbonyl (C=O) groups is 1. The average Bonchev–Trinajstić information content (AvgIpc) is 2.70. The lowest BCUT2D eigenvalue weighted by atomic mass is 10.1. The fourth-order valence-electron chi connectivity index (χ4n) is 3.36. The smallest absolute Gasteiger partial charge is 0.336 e. The molecule has 0 spiro atoms. The van der Waals surface area contributed by atoms with Crippen LogP contribution in [-0.2, 0) is 0 Å². The Kier molecular flexibility index (Phi) is 4.60. The summed E-state index contributed by atoms with van der Waals surface area (Å²) in [4.78, 5) is 31.9. The van der Waals surface area contributed by atoms with Crippen LogP contribution in [0, 0.1) is 18.6 Å². The van der Waals surface area contributed by atoms with E-state index in [1.54, 1.807) is 4.57 Å². The van der Waals surface area contributed by atoms with Gasteiger partial charge in [-0.05, 0) is 49.3 Å². The maximum atomic E-state index is 12.7. The lowest BCUT2D eigenvalue weighted by molar-refractivity contribution is 0.0699. The molecule has 0 fully saturated rings. The number of carboxylic acid groups (broad SMARTS) is 1. The third-order valence-corrected chi connectivity index (χ3v) is 5.26. The normalized spacial score (nSPS) is 11.0. The Morgan fingerprint density at radius 2 is 1.83 bits per heavy atom. The molecule has 0 unspecified atom stereocenters. The zero-order valence-corrected chi connectivity index (χ0v) is 16.6. The van der Waals surface area contributed by atoms with Gasteiger partial charge >= 0.3 is 5.97 Å². The van der Waals surface area contributed by atoms with Crippen molar-refractivity contribution in [2.24, 2.45) is 0 Å². The van der Waals surface area contributed by atoms with Crippen molar-refractivity contribution < 1.29 is 9.90 Å². The van der Waals surface area contributed by atoms with E-state index in [2.05, 4.69) is 9.97 Å². The highest BCUT2D eigenvalue weighted by Gasteiger charge is 2.20. The van der Waals surface area contributed by atoms with E-state index in [-0.39, 0.29) is 21.4 Å². The number of pyridine rings is 1. The zero-order valence-electron chi connectivity index (χ0n) is 15.8. The summed E-state index contributed by atoms with van der Waals surface area (Å²) in [6, 6.07) is 16.4. The fraction of sp³-hybridized carbons (Fsp3) is 0.0909. The third kappa shape index (κ3) is 3.15. The molecule has 2 N–H and O–H groups in total. The Balaban J connectivity index is 2.22. The summed E-state index contributed by atoms with van der Waals surface area (Å²) in [5, 5.41) is 9.78. The van der Waals surface area contributed by atoms with Crippen molar-refractivity contribution in [1.29, 1.82) is 0 Å². The van der Waals surface area contributed by atoms with Gasteiger partial charge in [0.1, 0.15) is 0 Å². The molecule has 0 atom stereocenters. The van der Waals surface area contributed by atoms with Crippen LogP contribution in [0.3, 0.4) is 0 Å². The standard InChI is InChI=1S/C22H17N3O3S/c1-12-7-6-10-17(13(12)2)25-19-18(20(26)24-22(25)29)15(21(27)28)11-16(23-19)14-8-4-3-5-9-14/h3-11H,1-2H3,(H,27,28)(H,24,26,29). The van der Waals surface area contributed by atoms with E-state index >= 15 is 0 Å². The highest BCUT2D eigenvalue weighted by molar-refractivity contribution is 7.71. The number of nitrogens with one attached hydrogen (secondary N) is 1. The van der Waals surface area contributed by atoms with Crippen molar-refractivity contribution in [3.63, 3.8) is 0 Å². The highest BCUT2D eigenvalue weighted by Crippen LogP contribution is 2.26. The molecular weight excluding hydrogens is 386 g/mol. The van der Waals surface area contributed by atoms with Gasteiger partial charge in [0.25, 0.3) is 5.56 Å². The average molecular weight is 403 g/mol. The number of benzene rings is 2. The van der Waals surface area contributed by atoms with Crippen molar-refractivity contribution >= 4 is 29.2 Å². The van der Waals surface area contributed by atoms with E-state index in [4.69, 9.17) is 12.2 Å². The number of H-pyrrole nitrogens is 1. The molecular formula is C22H17N3O3S. The maximum Gasteiger partial charge on any atom is 0.336 e. The minimum Gasteiger partial charge on any atom is -0.478 e. The van der Waals surface area contributed by atoms with Gasteiger partial charge in [-0.25, -0.2) is 9.78 Å². The Morgan fingerprint density at radius 3 is 2.52 bits per heavy atom.